The van der Waals surface area contributed by atoms with E-state index in [0.717, 1.165) is 17.7 Å². The Kier molecular flexibility index (Phi) is 3.62. The van der Waals surface area contributed by atoms with Crippen molar-refractivity contribution in [2.45, 2.75) is 18.9 Å². The van der Waals surface area contributed by atoms with Crippen molar-refractivity contribution >= 4 is 11.6 Å². The molecule has 1 aliphatic rings. The van der Waals surface area contributed by atoms with Crippen LogP contribution in [0.3, 0.4) is 0 Å². The van der Waals surface area contributed by atoms with Crippen molar-refractivity contribution in [3.63, 3.8) is 0 Å². The van der Waals surface area contributed by atoms with Crippen LogP contribution in [-0.2, 0) is 17.6 Å². The van der Waals surface area contributed by atoms with Crippen molar-refractivity contribution in [3.05, 3.63) is 59.7 Å². The maximum absolute atomic E-state index is 12.6. The maximum atomic E-state index is 12.6. The SMILES string of the molecule is NC1Cc2ccccc2N(C(=O)Cc2ccccc2O)C1. The van der Waals surface area contributed by atoms with Gasteiger partial charge >= 0.3 is 0 Å². The van der Waals surface area contributed by atoms with Crippen molar-refractivity contribution in [1.82, 2.24) is 0 Å². The van der Waals surface area contributed by atoms with Crippen molar-refractivity contribution < 1.29 is 9.90 Å². The molecule has 2 aromatic rings. The van der Waals surface area contributed by atoms with Crippen molar-refractivity contribution in [2.24, 2.45) is 5.73 Å². The lowest BCUT2D eigenvalue weighted by molar-refractivity contribution is -0.118. The summed E-state index contributed by atoms with van der Waals surface area (Å²) in [5.41, 5.74) is 8.73. The molecule has 21 heavy (non-hydrogen) atoms. The molecule has 108 valence electrons. The second-order valence-electron chi connectivity index (χ2n) is 5.40. The van der Waals surface area contributed by atoms with Gasteiger partial charge in [0.25, 0.3) is 0 Å². The fourth-order valence-electron chi connectivity index (χ4n) is 2.78. The monoisotopic (exact) mass is 282 g/mol. The fourth-order valence-corrected chi connectivity index (χ4v) is 2.78. The predicted molar refractivity (Wildman–Crippen MR) is 82.3 cm³/mol. The predicted octanol–water partition coefficient (Wildman–Crippen LogP) is 1.85. The van der Waals surface area contributed by atoms with Gasteiger partial charge in [0, 0.05) is 23.8 Å². The van der Waals surface area contributed by atoms with Gasteiger partial charge in [-0.05, 0) is 24.1 Å². The van der Waals surface area contributed by atoms with E-state index in [-0.39, 0.29) is 24.1 Å². The lowest BCUT2D eigenvalue weighted by Gasteiger charge is -2.33. The fraction of sp³-hybridized carbons (Fsp3) is 0.235. The second kappa shape index (κ2) is 5.58. The smallest absolute Gasteiger partial charge is 0.231 e. The summed E-state index contributed by atoms with van der Waals surface area (Å²) in [6.07, 6.45) is 0.963. The average Bonchev–Trinajstić information content (AvgIpc) is 2.48. The zero-order valence-electron chi connectivity index (χ0n) is 11.7. The summed E-state index contributed by atoms with van der Waals surface area (Å²) in [5.74, 6) is 0.111. The lowest BCUT2D eigenvalue weighted by atomic mass is 9.97. The Morgan fingerprint density at radius 1 is 1.19 bits per heavy atom. The van der Waals surface area contributed by atoms with Gasteiger partial charge in [-0.2, -0.15) is 0 Å². The molecule has 2 aromatic carbocycles. The van der Waals surface area contributed by atoms with E-state index in [4.69, 9.17) is 5.73 Å². The van der Waals surface area contributed by atoms with E-state index in [9.17, 15) is 9.90 Å². The number of para-hydroxylation sites is 2. The molecule has 0 saturated heterocycles. The number of benzene rings is 2. The van der Waals surface area contributed by atoms with Gasteiger partial charge in [0.15, 0.2) is 0 Å². The minimum absolute atomic E-state index is 0.0425. The first-order valence-electron chi connectivity index (χ1n) is 7.06. The molecule has 1 unspecified atom stereocenters. The number of rotatable bonds is 2. The number of phenols is 1. The normalized spacial score (nSPS) is 17.4. The molecule has 0 bridgehead atoms. The molecule has 0 aromatic heterocycles. The van der Waals surface area contributed by atoms with Gasteiger partial charge in [-0.25, -0.2) is 0 Å². The van der Waals surface area contributed by atoms with Crippen molar-refractivity contribution in [2.75, 3.05) is 11.4 Å². The molecule has 0 radical (unpaired) electrons. The number of hydrogen-bond donors (Lipinski definition) is 2. The molecule has 1 aliphatic heterocycles. The summed E-state index contributed by atoms with van der Waals surface area (Å²) < 4.78 is 0. The number of fused-ring (bicyclic) bond motifs is 1. The summed E-state index contributed by atoms with van der Waals surface area (Å²) in [7, 11) is 0. The second-order valence-corrected chi connectivity index (χ2v) is 5.40. The Bertz CT molecular complexity index is 669. The van der Waals surface area contributed by atoms with Gasteiger partial charge in [-0.3, -0.25) is 4.79 Å². The molecule has 0 saturated carbocycles. The van der Waals surface area contributed by atoms with Gasteiger partial charge in [0.2, 0.25) is 5.91 Å². The third-order valence-electron chi connectivity index (χ3n) is 3.82. The summed E-state index contributed by atoms with van der Waals surface area (Å²) in [6, 6.07) is 14.7. The largest absolute Gasteiger partial charge is 0.508 e. The number of hydrogen-bond acceptors (Lipinski definition) is 3. The molecule has 4 heteroatoms. The minimum atomic E-state index is -0.0479. The highest BCUT2D eigenvalue weighted by atomic mass is 16.3. The number of nitrogens with zero attached hydrogens (tertiary/aromatic N) is 1. The van der Waals surface area contributed by atoms with Crippen LogP contribution >= 0.6 is 0 Å². The van der Waals surface area contributed by atoms with E-state index in [1.807, 2.05) is 30.3 Å². The number of anilines is 1. The Morgan fingerprint density at radius 3 is 2.71 bits per heavy atom. The summed E-state index contributed by atoms with van der Waals surface area (Å²) >= 11 is 0. The van der Waals surface area contributed by atoms with E-state index >= 15 is 0 Å². The first-order chi connectivity index (χ1) is 10.1. The number of phenolic OH excluding ortho intramolecular Hbond substituents is 1. The molecule has 0 aliphatic carbocycles. The maximum Gasteiger partial charge on any atom is 0.231 e. The standard InChI is InChI=1S/C17H18N2O2/c18-14-9-12-5-1-3-7-15(12)19(11-14)17(21)10-13-6-2-4-8-16(13)20/h1-8,14,20H,9-11,18H2. The first kappa shape index (κ1) is 13.6. The van der Waals surface area contributed by atoms with Crippen LogP contribution in [0.2, 0.25) is 0 Å². The van der Waals surface area contributed by atoms with Crippen molar-refractivity contribution in [1.29, 1.82) is 0 Å². The molecule has 1 amide bonds. The van der Waals surface area contributed by atoms with Crippen LogP contribution in [-0.4, -0.2) is 23.6 Å². The Labute approximate surface area is 123 Å². The third-order valence-corrected chi connectivity index (χ3v) is 3.82. The van der Waals surface area contributed by atoms with Crippen LogP contribution in [0.5, 0.6) is 5.75 Å². The number of carbonyl (C=O) groups is 1. The number of carbonyl (C=O) groups excluding carboxylic acids is 1. The molecular weight excluding hydrogens is 264 g/mol. The Morgan fingerprint density at radius 2 is 1.90 bits per heavy atom. The number of aromatic hydroxyl groups is 1. The van der Waals surface area contributed by atoms with Gasteiger partial charge in [0.05, 0.1) is 6.42 Å². The van der Waals surface area contributed by atoms with E-state index < -0.39 is 0 Å². The van der Waals surface area contributed by atoms with Crippen LogP contribution in [0.1, 0.15) is 11.1 Å². The molecule has 3 N–H and O–H groups in total. The molecule has 1 atom stereocenters. The molecule has 0 fully saturated rings. The zero-order valence-corrected chi connectivity index (χ0v) is 11.7. The highest BCUT2D eigenvalue weighted by Gasteiger charge is 2.26. The minimum Gasteiger partial charge on any atom is -0.508 e. The third kappa shape index (κ3) is 2.76. The highest BCUT2D eigenvalue weighted by molar-refractivity contribution is 5.96. The zero-order chi connectivity index (χ0) is 14.8. The Hall–Kier alpha value is -2.33. The quantitative estimate of drug-likeness (QED) is 0.883. The first-order valence-corrected chi connectivity index (χ1v) is 7.06. The van der Waals surface area contributed by atoms with Crippen molar-refractivity contribution in [3.8, 4) is 5.75 Å². The summed E-state index contributed by atoms with van der Waals surface area (Å²) in [4.78, 5) is 14.3. The van der Waals surface area contributed by atoms with Crippen LogP contribution in [0.15, 0.2) is 48.5 Å². The highest BCUT2D eigenvalue weighted by Crippen LogP contribution is 2.27. The van der Waals surface area contributed by atoms with Gasteiger partial charge in [-0.1, -0.05) is 36.4 Å². The van der Waals surface area contributed by atoms with Gasteiger partial charge in [0.1, 0.15) is 5.75 Å². The van der Waals surface area contributed by atoms with Crippen LogP contribution in [0.4, 0.5) is 5.69 Å². The van der Waals surface area contributed by atoms with E-state index in [0.29, 0.717) is 12.1 Å². The topological polar surface area (TPSA) is 66.6 Å². The summed E-state index contributed by atoms with van der Waals surface area (Å²) in [6.45, 7) is 0.517. The molecule has 3 rings (SSSR count). The van der Waals surface area contributed by atoms with Crippen LogP contribution in [0.25, 0.3) is 0 Å². The summed E-state index contributed by atoms with van der Waals surface area (Å²) in [5, 5.41) is 9.81. The lowest BCUT2D eigenvalue weighted by Crippen LogP contribution is -2.46. The van der Waals surface area contributed by atoms with E-state index in [2.05, 4.69) is 0 Å². The Balaban J connectivity index is 1.87. The van der Waals surface area contributed by atoms with Gasteiger partial charge in [-0.15, -0.1) is 0 Å². The van der Waals surface area contributed by atoms with Crippen LogP contribution < -0.4 is 10.6 Å². The average molecular weight is 282 g/mol. The molecular formula is C17H18N2O2. The molecule has 1 heterocycles. The number of amides is 1. The molecule has 0 spiro atoms. The molecule has 4 nitrogen and oxygen atoms in total. The van der Waals surface area contributed by atoms with Gasteiger partial charge < -0.3 is 15.7 Å². The van der Waals surface area contributed by atoms with E-state index in [1.165, 1.54) is 0 Å². The van der Waals surface area contributed by atoms with Crippen LogP contribution in [0, 0.1) is 0 Å². The van der Waals surface area contributed by atoms with E-state index in [1.54, 1.807) is 23.1 Å². The number of nitrogens with two attached hydrogens (primary N) is 1.